The van der Waals surface area contributed by atoms with Crippen LogP contribution in [0, 0.1) is 0 Å². The molecular weight excluding hydrogens is 230 g/mol. The summed E-state index contributed by atoms with van der Waals surface area (Å²) in [5.74, 6) is -0.498. The summed E-state index contributed by atoms with van der Waals surface area (Å²) < 4.78 is 1.20. The fourth-order valence-corrected chi connectivity index (χ4v) is 1.14. The summed E-state index contributed by atoms with van der Waals surface area (Å²) in [4.78, 5) is 15.2. The number of aliphatic hydroxyl groups excluding tert-OH is 3. The number of nitrogens with one attached hydrogen (secondary N) is 1. The molecule has 9 heteroatoms. The van der Waals surface area contributed by atoms with E-state index in [1.54, 1.807) is 0 Å². The first kappa shape index (κ1) is 13.4. The van der Waals surface area contributed by atoms with Gasteiger partial charge in [0.25, 0.3) is 0 Å². The molecule has 0 radical (unpaired) electrons. The Bertz CT molecular complexity index is 367. The van der Waals surface area contributed by atoms with Crippen molar-refractivity contribution < 1.29 is 20.1 Å². The highest BCUT2D eigenvalue weighted by Crippen LogP contribution is 2.01. The van der Waals surface area contributed by atoms with E-state index >= 15 is 0 Å². The van der Waals surface area contributed by atoms with Crippen molar-refractivity contribution in [1.82, 2.24) is 20.1 Å². The SMILES string of the molecule is Nc1ncn(CC(=O)NC(CO)(CO)CO)n1. The molecule has 0 bridgehead atoms. The first-order chi connectivity index (χ1) is 8.05. The minimum absolute atomic E-state index is 0.0375. The Kier molecular flexibility index (Phi) is 4.37. The standard InChI is InChI=1S/C8H15N5O4/c9-7-10-5-13(12-7)1-6(17)11-8(2-14,3-15)4-16/h5,14-16H,1-4H2,(H2,9,12)(H,11,17). The minimum atomic E-state index is -1.44. The number of hydrogen-bond donors (Lipinski definition) is 5. The lowest BCUT2D eigenvalue weighted by Crippen LogP contribution is -2.57. The smallest absolute Gasteiger partial charge is 0.242 e. The molecule has 0 saturated heterocycles. The molecule has 1 heterocycles. The number of rotatable bonds is 6. The molecule has 6 N–H and O–H groups in total. The number of aromatic nitrogens is 3. The van der Waals surface area contributed by atoms with Gasteiger partial charge >= 0.3 is 0 Å². The van der Waals surface area contributed by atoms with E-state index in [0.29, 0.717) is 0 Å². The highest BCUT2D eigenvalue weighted by Gasteiger charge is 2.29. The molecule has 0 aliphatic heterocycles. The predicted molar refractivity (Wildman–Crippen MR) is 56.6 cm³/mol. The average Bonchev–Trinajstić information content (AvgIpc) is 2.72. The van der Waals surface area contributed by atoms with E-state index < -0.39 is 31.3 Å². The summed E-state index contributed by atoms with van der Waals surface area (Å²) in [5.41, 5.74) is 3.82. The number of nitrogens with two attached hydrogens (primary N) is 1. The normalized spacial score (nSPS) is 11.5. The fraction of sp³-hybridized carbons (Fsp3) is 0.625. The number of nitrogens with zero attached hydrogens (tertiary/aromatic N) is 3. The van der Waals surface area contributed by atoms with E-state index in [9.17, 15) is 4.79 Å². The monoisotopic (exact) mass is 245 g/mol. The van der Waals surface area contributed by atoms with Crippen LogP contribution in [0.5, 0.6) is 0 Å². The molecular formula is C8H15N5O4. The zero-order chi connectivity index (χ0) is 12.9. The van der Waals surface area contributed by atoms with Gasteiger partial charge in [-0.3, -0.25) is 4.79 Å². The molecule has 0 fully saturated rings. The Labute approximate surface area is 96.9 Å². The zero-order valence-corrected chi connectivity index (χ0v) is 9.07. The molecule has 1 amide bonds. The molecule has 96 valence electrons. The van der Waals surface area contributed by atoms with Crippen molar-refractivity contribution in [2.75, 3.05) is 25.6 Å². The molecule has 0 aromatic carbocycles. The highest BCUT2D eigenvalue weighted by molar-refractivity contribution is 5.76. The van der Waals surface area contributed by atoms with Crippen LogP contribution in [0.1, 0.15) is 0 Å². The van der Waals surface area contributed by atoms with Crippen LogP contribution in [0.4, 0.5) is 5.95 Å². The lowest BCUT2D eigenvalue weighted by molar-refractivity contribution is -0.126. The van der Waals surface area contributed by atoms with Crippen LogP contribution in [-0.4, -0.2) is 61.4 Å². The molecule has 0 atom stereocenters. The predicted octanol–water partition coefficient (Wildman–Crippen LogP) is -3.31. The van der Waals surface area contributed by atoms with Crippen molar-refractivity contribution in [1.29, 1.82) is 0 Å². The third kappa shape index (κ3) is 3.37. The van der Waals surface area contributed by atoms with Gasteiger partial charge in [0.15, 0.2) is 0 Å². The Morgan fingerprint density at radius 3 is 2.41 bits per heavy atom. The zero-order valence-electron chi connectivity index (χ0n) is 9.07. The highest BCUT2D eigenvalue weighted by atomic mass is 16.3. The van der Waals surface area contributed by atoms with Gasteiger partial charge in [-0.15, -0.1) is 5.10 Å². The number of nitrogen functional groups attached to an aromatic ring is 1. The van der Waals surface area contributed by atoms with Crippen molar-refractivity contribution in [3.8, 4) is 0 Å². The second-order valence-electron chi connectivity index (χ2n) is 3.60. The van der Waals surface area contributed by atoms with Crippen LogP contribution in [-0.2, 0) is 11.3 Å². The molecule has 9 nitrogen and oxygen atoms in total. The summed E-state index contributed by atoms with van der Waals surface area (Å²) in [6.45, 7) is -1.91. The maximum Gasteiger partial charge on any atom is 0.242 e. The van der Waals surface area contributed by atoms with Gasteiger partial charge in [-0.1, -0.05) is 0 Å². The third-order valence-electron chi connectivity index (χ3n) is 2.17. The van der Waals surface area contributed by atoms with Crippen molar-refractivity contribution in [3.63, 3.8) is 0 Å². The number of hydrogen-bond acceptors (Lipinski definition) is 7. The topological polar surface area (TPSA) is 147 Å². The van der Waals surface area contributed by atoms with E-state index in [2.05, 4.69) is 15.4 Å². The number of carbonyl (C=O) groups excluding carboxylic acids is 1. The van der Waals surface area contributed by atoms with Gasteiger partial charge in [0.1, 0.15) is 18.4 Å². The minimum Gasteiger partial charge on any atom is -0.394 e. The fourth-order valence-electron chi connectivity index (χ4n) is 1.14. The molecule has 0 saturated carbocycles. The van der Waals surface area contributed by atoms with Crippen molar-refractivity contribution in [2.24, 2.45) is 0 Å². The third-order valence-corrected chi connectivity index (χ3v) is 2.17. The molecule has 1 aromatic heterocycles. The van der Waals surface area contributed by atoms with Gasteiger partial charge in [0, 0.05) is 0 Å². The molecule has 1 rings (SSSR count). The summed E-state index contributed by atoms with van der Waals surface area (Å²) in [7, 11) is 0. The lowest BCUT2D eigenvalue weighted by atomic mass is 10.0. The van der Waals surface area contributed by atoms with Gasteiger partial charge in [-0.25, -0.2) is 9.67 Å². The summed E-state index contributed by atoms with van der Waals surface area (Å²) in [6, 6.07) is 0. The van der Waals surface area contributed by atoms with E-state index in [-0.39, 0.29) is 12.5 Å². The number of carbonyl (C=O) groups is 1. The quantitative estimate of drug-likeness (QED) is 0.352. The van der Waals surface area contributed by atoms with Crippen LogP contribution in [0.25, 0.3) is 0 Å². The summed E-state index contributed by atoms with van der Waals surface area (Å²) >= 11 is 0. The molecule has 1 aromatic rings. The van der Waals surface area contributed by atoms with Gasteiger partial charge in [0.2, 0.25) is 11.9 Å². The van der Waals surface area contributed by atoms with Crippen LogP contribution in [0.3, 0.4) is 0 Å². The van der Waals surface area contributed by atoms with Crippen LogP contribution < -0.4 is 11.1 Å². The second kappa shape index (κ2) is 5.57. The van der Waals surface area contributed by atoms with Crippen molar-refractivity contribution >= 4 is 11.9 Å². The molecule has 0 aliphatic carbocycles. The van der Waals surface area contributed by atoms with Crippen molar-refractivity contribution in [2.45, 2.75) is 12.1 Å². The summed E-state index contributed by atoms with van der Waals surface area (Å²) in [6.07, 6.45) is 1.27. The van der Waals surface area contributed by atoms with E-state index in [4.69, 9.17) is 21.1 Å². The second-order valence-corrected chi connectivity index (χ2v) is 3.60. The number of aliphatic hydroxyl groups is 3. The lowest BCUT2D eigenvalue weighted by Gasteiger charge is -2.28. The first-order valence-corrected chi connectivity index (χ1v) is 4.84. The van der Waals surface area contributed by atoms with Crippen LogP contribution >= 0.6 is 0 Å². The van der Waals surface area contributed by atoms with E-state index in [1.807, 2.05) is 0 Å². The Balaban J connectivity index is 2.59. The van der Waals surface area contributed by atoms with Gasteiger partial charge in [-0.05, 0) is 0 Å². The summed E-state index contributed by atoms with van der Waals surface area (Å²) in [5, 5.41) is 33.0. The number of anilines is 1. The Morgan fingerprint density at radius 1 is 1.41 bits per heavy atom. The maximum absolute atomic E-state index is 11.5. The van der Waals surface area contributed by atoms with Gasteiger partial charge < -0.3 is 26.4 Å². The molecule has 0 unspecified atom stereocenters. The largest absolute Gasteiger partial charge is 0.394 e. The molecule has 17 heavy (non-hydrogen) atoms. The van der Waals surface area contributed by atoms with Crippen molar-refractivity contribution in [3.05, 3.63) is 6.33 Å². The average molecular weight is 245 g/mol. The maximum atomic E-state index is 11.5. The van der Waals surface area contributed by atoms with Crippen LogP contribution in [0.2, 0.25) is 0 Å². The molecule has 0 aliphatic rings. The van der Waals surface area contributed by atoms with E-state index in [0.717, 1.165) is 0 Å². The number of amides is 1. The molecule has 0 spiro atoms. The first-order valence-electron chi connectivity index (χ1n) is 4.84. The Hall–Kier alpha value is -1.71. The van der Waals surface area contributed by atoms with Gasteiger partial charge in [-0.2, -0.15) is 0 Å². The Morgan fingerprint density at radius 2 is 2.00 bits per heavy atom. The van der Waals surface area contributed by atoms with Crippen LogP contribution in [0.15, 0.2) is 6.33 Å². The van der Waals surface area contributed by atoms with Gasteiger partial charge in [0.05, 0.1) is 19.8 Å². The van der Waals surface area contributed by atoms with E-state index in [1.165, 1.54) is 11.0 Å².